The fraction of sp³-hybridized carbons (Fsp3) is 0.318. The molecular formula is C22H25FN4O2S. The molecule has 2 aromatic carbocycles. The molecule has 1 saturated heterocycles. The van der Waals surface area contributed by atoms with E-state index in [4.69, 9.17) is 14.4 Å². The van der Waals surface area contributed by atoms with Crippen molar-refractivity contribution in [3.8, 4) is 11.1 Å². The minimum absolute atomic E-state index is 0.124. The van der Waals surface area contributed by atoms with Crippen molar-refractivity contribution in [2.45, 2.75) is 19.4 Å². The highest BCUT2D eigenvalue weighted by Gasteiger charge is 2.17. The highest BCUT2D eigenvalue weighted by atomic mass is 32.2. The number of halogens is 1. The second kappa shape index (κ2) is 9.61. The topological polar surface area (TPSA) is 76.9 Å². The summed E-state index contributed by atoms with van der Waals surface area (Å²) in [6.07, 6.45) is 0. The van der Waals surface area contributed by atoms with Crippen LogP contribution in [0.25, 0.3) is 11.1 Å². The quantitative estimate of drug-likeness (QED) is 0.641. The van der Waals surface area contributed by atoms with Crippen LogP contribution in [-0.4, -0.2) is 35.8 Å². The van der Waals surface area contributed by atoms with Crippen molar-refractivity contribution in [3.05, 3.63) is 77.4 Å². The average Bonchev–Trinajstić information content (AvgIpc) is 3.27. The van der Waals surface area contributed by atoms with Crippen LogP contribution in [0.5, 0.6) is 0 Å². The van der Waals surface area contributed by atoms with Gasteiger partial charge in [-0.25, -0.2) is 13.1 Å². The molecule has 2 atom stereocenters. The molecule has 0 saturated carbocycles. The molecule has 3 aromatic rings. The van der Waals surface area contributed by atoms with Crippen LogP contribution in [-0.2, 0) is 22.3 Å². The summed E-state index contributed by atoms with van der Waals surface area (Å²) >= 11 is -0.671. The van der Waals surface area contributed by atoms with Crippen LogP contribution in [0.4, 0.5) is 4.39 Å². The Morgan fingerprint density at radius 3 is 2.67 bits per heavy atom. The Morgan fingerprint density at radius 2 is 1.93 bits per heavy atom. The van der Waals surface area contributed by atoms with Gasteiger partial charge in [0.25, 0.3) is 0 Å². The average molecular weight is 429 g/mol. The number of nitrogens with zero attached hydrogens (tertiary/aromatic N) is 3. The molecule has 30 heavy (non-hydrogen) atoms. The van der Waals surface area contributed by atoms with Crippen LogP contribution in [0, 0.1) is 5.82 Å². The minimum atomic E-state index is -0.671. The molecule has 1 fully saturated rings. The van der Waals surface area contributed by atoms with Crippen molar-refractivity contribution in [1.82, 2.24) is 9.46 Å². The first-order valence-electron chi connectivity index (χ1n) is 9.91. The highest BCUT2D eigenvalue weighted by Crippen LogP contribution is 2.29. The van der Waals surface area contributed by atoms with E-state index in [1.54, 1.807) is 6.07 Å². The predicted molar refractivity (Wildman–Crippen MR) is 116 cm³/mol. The summed E-state index contributed by atoms with van der Waals surface area (Å²) in [5.41, 5.74) is 2.99. The van der Waals surface area contributed by atoms with Gasteiger partial charge in [0.05, 0.1) is 19.8 Å². The van der Waals surface area contributed by atoms with E-state index in [-0.39, 0.29) is 11.7 Å². The number of rotatable bonds is 6. The lowest BCUT2D eigenvalue weighted by Gasteiger charge is -2.25. The molecule has 0 aliphatic carbocycles. The van der Waals surface area contributed by atoms with Gasteiger partial charge in [-0.1, -0.05) is 54.5 Å². The molecule has 0 spiro atoms. The second-order valence-electron chi connectivity index (χ2n) is 7.17. The van der Waals surface area contributed by atoms with Crippen LogP contribution < -0.4 is 5.14 Å². The van der Waals surface area contributed by atoms with Gasteiger partial charge < -0.3 is 9.26 Å². The molecule has 2 unspecified atom stereocenters. The zero-order chi connectivity index (χ0) is 20.9. The van der Waals surface area contributed by atoms with Gasteiger partial charge in [0, 0.05) is 41.7 Å². The molecule has 2 heterocycles. The molecule has 1 aliphatic heterocycles. The largest absolute Gasteiger partial charge is 0.379 e. The summed E-state index contributed by atoms with van der Waals surface area (Å²) in [7, 11) is 0. The first-order chi connectivity index (χ1) is 14.6. The van der Waals surface area contributed by atoms with Crippen molar-refractivity contribution in [1.29, 1.82) is 0 Å². The summed E-state index contributed by atoms with van der Waals surface area (Å²) in [6.45, 7) is 5.29. The van der Waals surface area contributed by atoms with Crippen LogP contribution >= 0.6 is 0 Å². The third-order valence-corrected chi connectivity index (χ3v) is 6.46. The lowest BCUT2D eigenvalue weighted by molar-refractivity contribution is 0.0763. The molecule has 1 aliphatic rings. The predicted octanol–water partition coefficient (Wildman–Crippen LogP) is 4.06. The standard InChI is InChI=1S/C22H25FN4O2S/c1-16(18-7-8-20(21(23)13-18)17-5-3-2-4-6-17)22-14-19(26-29-22)15-25-30(24)27-9-11-28-12-10-27/h2-8,13-14,16H,9-12,15H2,1H3,(H2,24,25). The van der Waals surface area contributed by atoms with Crippen LogP contribution in [0.15, 0.2) is 63.5 Å². The molecule has 8 heteroatoms. The van der Waals surface area contributed by atoms with Gasteiger partial charge in [0.2, 0.25) is 0 Å². The second-order valence-corrected chi connectivity index (χ2v) is 8.53. The molecule has 2 N–H and O–H groups in total. The third-order valence-electron chi connectivity index (χ3n) is 5.18. The van der Waals surface area contributed by atoms with E-state index in [1.165, 1.54) is 0 Å². The van der Waals surface area contributed by atoms with Crippen LogP contribution in [0.2, 0.25) is 0 Å². The lowest BCUT2D eigenvalue weighted by atomic mass is 9.95. The van der Waals surface area contributed by atoms with Crippen molar-refractivity contribution in [3.63, 3.8) is 0 Å². The third kappa shape index (κ3) is 4.84. The van der Waals surface area contributed by atoms with E-state index >= 15 is 0 Å². The number of aromatic nitrogens is 1. The SMILES string of the molecule is CC(c1ccc(-c2ccccc2)c(F)c1)c1cc(CN=S(N)N2CCOCC2)no1. The van der Waals surface area contributed by atoms with Gasteiger partial charge in [0.15, 0.2) is 0 Å². The van der Waals surface area contributed by atoms with Gasteiger partial charge in [0.1, 0.15) is 17.3 Å². The zero-order valence-corrected chi connectivity index (χ0v) is 17.6. The fourth-order valence-electron chi connectivity index (χ4n) is 3.37. The van der Waals surface area contributed by atoms with Crippen molar-refractivity contribution in [2.24, 2.45) is 9.50 Å². The first-order valence-corrected chi connectivity index (χ1v) is 11.1. The summed E-state index contributed by atoms with van der Waals surface area (Å²) < 4.78 is 32.2. The first kappa shape index (κ1) is 20.9. The Labute approximate surface area is 178 Å². The van der Waals surface area contributed by atoms with E-state index in [1.807, 2.05) is 55.5 Å². The highest BCUT2D eigenvalue weighted by molar-refractivity contribution is 7.82. The zero-order valence-electron chi connectivity index (χ0n) is 16.8. The molecular weight excluding hydrogens is 403 g/mol. The van der Waals surface area contributed by atoms with E-state index in [2.05, 4.69) is 13.8 Å². The van der Waals surface area contributed by atoms with Crippen molar-refractivity contribution >= 4 is 11.1 Å². The monoisotopic (exact) mass is 428 g/mol. The molecule has 1 aromatic heterocycles. The molecule has 0 amide bonds. The Balaban J connectivity index is 1.45. The van der Waals surface area contributed by atoms with Crippen LogP contribution in [0.1, 0.15) is 29.9 Å². The molecule has 0 bridgehead atoms. The number of benzene rings is 2. The van der Waals surface area contributed by atoms with Gasteiger partial charge >= 0.3 is 0 Å². The Kier molecular flexibility index (Phi) is 6.69. The summed E-state index contributed by atoms with van der Waals surface area (Å²) in [5, 5.41) is 10.3. The van der Waals surface area contributed by atoms with E-state index in [0.717, 1.165) is 29.9 Å². The Bertz CT molecular complexity index is 1020. The number of morpholine rings is 1. The molecule has 4 rings (SSSR count). The number of hydrogen-bond acceptors (Lipinski definition) is 4. The van der Waals surface area contributed by atoms with Crippen molar-refractivity contribution in [2.75, 3.05) is 26.3 Å². The smallest absolute Gasteiger partial charge is 0.144 e. The number of ether oxygens (including phenoxy) is 1. The van der Waals surface area contributed by atoms with Gasteiger partial charge in [-0.3, -0.25) is 5.14 Å². The van der Waals surface area contributed by atoms with Crippen LogP contribution in [0.3, 0.4) is 0 Å². The van der Waals surface area contributed by atoms with Gasteiger partial charge in [-0.05, 0) is 17.2 Å². The molecule has 158 valence electrons. The van der Waals surface area contributed by atoms with Crippen molar-refractivity contribution < 1.29 is 13.7 Å². The maximum atomic E-state index is 14.7. The summed E-state index contributed by atoms with van der Waals surface area (Å²) in [5.74, 6) is 0.300. The summed E-state index contributed by atoms with van der Waals surface area (Å²) in [6, 6.07) is 16.7. The maximum Gasteiger partial charge on any atom is 0.144 e. The fourth-order valence-corrected chi connectivity index (χ4v) is 4.32. The number of hydrogen-bond donors (Lipinski definition) is 1. The van der Waals surface area contributed by atoms with Gasteiger partial charge in [-0.2, -0.15) is 0 Å². The van der Waals surface area contributed by atoms with E-state index in [0.29, 0.717) is 31.1 Å². The Morgan fingerprint density at radius 1 is 1.17 bits per heavy atom. The molecule has 6 nitrogen and oxygen atoms in total. The number of nitrogens with two attached hydrogens (primary N) is 1. The lowest BCUT2D eigenvalue weighted by Crippen LogP contribution is -2.40. The minimum Gasteiger partial charge on any atom is -0.379 e. The normalized spacial score (nSPS) is 17.2. The molecule has 0 radical (unpaired) electrons. The summed E-state index contributed by atoms with van der Waals surface area (Å²) in [4.78, 5) is 0. The van der Waals surface area contributed by atoms with E-state index in [9.17, 15) is 4.39 Å². The van der Waals surface area contributed by atoms with E-state index < -0.39 is 11.1 Å². The maximum absolute atomic E-state index is 14.7. The van der Waals surface area contributed by atoms with Gasteiger partial charge in [-0.15, -0.1) is 0 Å². The Hall–Kier alpha value is -2.39.